The molecule has 19 heavy (non-hydrogen) atoms. The van der Waals surface area contributed by atoms with Crippen LogP contribution in [-0.2, 0) is 6.42 Å². The van der Waals surface area contributed by atoms with Crippen molar-refractivity contribution in [2.75, 3.05) is 0 Å². The molecule has 0 aliphatic heterocycles. The van der Waals surface area contributed by atoms with Crippen LogP contribution < -0.4 is 5.73 Å². The maximum atomic E-state index is 13.8. The molecule has 0 heterocycles. The number of hydrogen-bond acceptors (Lipinski definition) is 1. The third-order valence-corrected chi connectivity index (χ3v) is 3.50. The minimum Gasteiger partial charge on any atom is -0.324 e. The molecule has 2 heteroatoms. The van der Waals surface area contributed by atoms with Crippen molar-refractivity contribution >= 4 is 0 Å². The topological polar surface area (TPSA) is 26.0 Å². The molecule has 0 aromatic heterocycles. The van der Waals surface area contributed by atoms with Gasteiger partial charge in [0.25, 0.3) is 0 Å². The summed E-state index contributed by atoms with van der Waals surface area (Å²) >= 11 is 0. The van der Waals surface area contributed by atoms with E-state index >= 15 is 0 Å². The van der Waals surface area contributed by atoms with E-state index in [0.717, 1.165) is 5.56 Å². The first kappa shape index (κ1) is 13.8. The summed E-state index contributed by atoms with van der Waals surface area (Å²) in [6, 6.07) is 11.1. The SMILES string of the molecule is Cc1ccc(C)c(CC(N)c2cc(C)ccc2F)c1. The van der Waals surface area contributed by atoms with Crippen LogP contribution in [0.5, 0.6) is 0 Å². The number of benzene rings is 2. The smallest absolute Gasteiger partial charge is 0.128 e. The number of rotatable bonds is 3. The van der Waals surface area contributed by atoms with E-state index in [0.29, 0.717) is 12.0 Å². The second-order valence-corrected chi connectivity index (χ2v) is 5.27. The van der Waals surface area contributed by atoms with Crippen LogP contribution in [-0.4, -0.2) is 0 Å². The van der Waals surface area contributed by atoms with Crippen LogP contribution in [0.1, 0.15) is 33.9 Å². The standard InChI is InChI=1S/C17H20FN/c1-11-4-6-13(3)14(8-11)10-17(19)15-9-12(2)5-7-16(15)18/h4-9,17H,10,19H2,1-3H3. The van der Waals surface area contributed by atoms with Gasteiger partial charge in [0, 0.05) is 11.6 Å². The fourth-order valence-corrected chi connectivity index (χ4v) is 2.31. The van der Waals surface area contributed by atoms with Crippen LogP contribution in [0, 0.1) is 26.6 Å². The molecular formula is C17H20FN. The van der Waals surface area contributed by atoms with E-state index in [1.54, 1.807) is 6.07 Å². The Morgan fingerprint density at radius 3 is 2.37 bits per heavy atom. The fraction of sp³-hybridized carbons (Fsp3) is 0.294. The number of halogens is 1. The maximum Gasteiger partial charge on any atom is 0.128 e. The summed E-state index contributed by atoms with van der Waals surface area (Å²) in [5.74, 6) is -0.219. The zero-order chi connectivity index (χ0) is 14.0. The van der Waals surface area contributed by atoms with Crippen molar-refractivity contribution in [3.8, 4) is 0 Å². The Balaban J connectivity index is 2.27. The van der Waals surface area contributed by atoms with Crippen molar-refractivity contribution in [3.05, 3.63) is 70.0 Å². The molecule has 1 nitrogen and oxygen atoms in total. The van der Waals surface area contributed by atoms with Crippen molar-refractivity contribution in [1.82, 2.24) is 0 Å². The summed E-state index contributed by atoms with van der Waals surface area (Å²) in [6.45, 7) is 6.07. The Kier molecular flexibility index (Phi) is 4.01. The highest BCUT2D eigenvalue weighted by Gasteiger charge is 2.13. The van der Waals surface area contributed by atoms with Crippen LogP contribution in [0.25, 0.3) is 0 Å². The molecule has 0 bridgehead atoms. The Morgan fingerprint density at radius 1 is 1.00 bits per heavy atom. The lowest BCUT2D eigenvalue weighted by molar-refractivity contribution is 0.579. The van der Waals surface area contributed by atoms with Crippen LogP contribution in [0.2, 0.25) is 0 Å². The lowest BCUT2D eigenvalue weighted by Gasteiger charge is -2.16. The molecule has 0 radical (unpaired) electrons. The third-order valence-electron chi connectivity index (χ3n) is 3.50. The molecule has 2 aromatic carbocycles. The summed E-state index contributed by atoms with van der Waals surface area (Å²) in [5, 5.41) is 0. The van der Waals surface area contributed by atoms with E-state index in [1.807, 2.05) is 13.0 Å². The Hall–Kier alpha value is -1.67. The first-order chi connectivity index (χ1) is 8.97. The van der Waals surface area contributed by atoms with Crippen LogP contribution >= 0.6 is 0 Å². The van der Waals surface area contributed by atoms with Gasteiger partial charge in [0.1, 0.15) is 5.82 Å². The molecule has 2 N–H and O–H groups in total. The van der Waals surface area contributed by atoms with Crippen molar-refractivity contribution in [2.45, 2.75) is 33.2 Å². The van der Waals surface area contributed by atoms with E-state index in [1.165, 1.54) is 22.8 Å². The lowest BCUT2D eigenvalue weighted by Crippen LogP contribution is -2.16. The van der Waals surface area contributed by atoms with Gasteiger partial charge in [-0.1, -0.05) is 41.5 Å². The Bertz CT molecular complexity index is 590. The molecule has 0 spiro atoms. The van der Waals surface area contributed by atoms with Gasteiger partial charge < -0.3 is 5.73 Å². The van der Waals surface area contributed by atoms with E-state index in [4.69, 9.17) is 5.73 Å². The van der Waals surface area contributed by atoms with Gasteiger partial charge in [0.15, 0.2) is 0 Å². The average molecular weight is 257 g/mol. The van der Waals surface area contributed by atoms with Crippen LogP contribution in [0.15, 0.2) is 36.4 Å². The molecule has 1 unspecified atom stereocenters. The van der Waals surface area contributed by atoms with Gasteiger partial charge in [-0.25, -0.2) is 4.39 Å². The van der Waals surface area contributed by atoms with Crippen molar-refractivity contribution in [3.63, 3.8) is 0 Å². The van der Waals surface area contributed by atoms with Gasteiger partial charge in [-0.05, 0) is 44.4 Å². The number of aryl methyl sites for hydroxylation is 3. The van der Waals surface area contributed by atoms with Crippen LogP contribution in [0.4, 0.5) is 4.39 Å². The summed E-state index contributed by atoms with van der Waals surface area (Å²) in [4.78, 5) is 0. The molecule has 100 valence electrons. The van der Waals surface area contributed by atoms with Gasteiger partial charge in [0.05, 0.1) is 0 Å². The van der Waals surface area contributed by atoms with Crippen molar-refractivity contribution < 1.29 is 4.39 Å². The largest absolute Gasteiger partial charge is 0.324 e. The molecule has 0 aliphatic carbocycles. The summed E-state index contributed by atoms with van der Waals surface area (Å²) in [7, 11) is 0. The van der Waals surface area contributed by atoms with Gasteiger partial charge >= 0.3 is 0 Å². The zero-order valence-corrected chi connectivity index (χ0v) is 11.7. The molecule has 0 saturated carbocycles. The predicted octanol–water partition coefficient (Wildman–Crippen LogP) is 3.99. The number of nitrogens with two attached hydrogens (primary N) is 1. The number of hydrogen-bond donors (Lipinski definition) is 1. The lowest BCUT2D eigenvalue weighted by atomic mass is 9.94. The highest BCUT2D eigenvalue weighted by Crippen LogP contribution is 2.22. The van der Waals surface area contributed by atoms with E-state index in [9.17, 15) is 4.39 Å². The van der Waals surface area contributed by atoms with E-state index in [-0.39, 0.29) is 11.9 Å². The summed E-state index contributed by atoms with van der Waals surface area (Å²) < 4.78 is 13.8. The molecule has 0 saturated heterocycles. The van der Waals surface area contributed by atoms with Crippen molar-refractivity contribution in [1.29, 1.82) is 0 Å². The molecule has 0 aliphatic rings. The quantitative estimate of drug-likeness (QED) is 0.884. The predicted molar refractivity (Wildman–Crippen MR) is 77.7 cm³/mol. The monoisotopic (exact) mass is 257 g/mol. The molecule has 2 aromatic rings. The molecule has 2 rings (SSSR count). The zero-order valence-electron chi connectivity index (χ0n) is 11.7. The first-order valence-electron chi connectivity index (χ1n) is 6.55. The van der Waals surface area contributed by atoms with Gasteiger partial charge in [-0.15, -0.1) is 0 Å². The van der Waals surface area contributed by atoms with Crippen molar-refractivity contribution in [2.24, 2.45) is 5.73 Å². The van der Waals surface area contributed by atoms with Gasteiger partial charge in [-0.3, -0.25) is 0 Å². The minimum atomic E-state index is -0.305. The average Bonchev–Trinajstić information content (AvgIpc) is 2.36. The second kappa shape index (κ2) is 5.54. The molecule has 1 atom stereocenters. The highest BCUT2D eigenvalue weighted by molar-refractivity contribution is 5.34. The fourth-order valence-electron chi connectivity index (χ4n) is 2.31. The Labute approximate surface area is 114 Å². The van der Waals surface area contributed by atoms with Crippen LogP contribution in [0.3, 0.4) is 0 Å². The molecular weight excluding hydrogens is 237 g/mol. The maximum absolute atomic E-state index is 13.8. The van der Waals surface area contributed by atoms with E-state index < -0.39 is 0 Å². The third kappa shape index (κ3) is 3.21. The highest BCUT2D eigenvalue weighted by atomic mass is 19.1. The Morgan fingerprint density at radius 2 is 1.63 bits per heavy atom. The van der Waals surface area contributed by atoms with Gasteiger partial charge in [-0.2, -0.15) is 0 Å². The summed E-state index contributed by atoms with van der Waals surface area (Å²) in [5.41, 5.74) is 11.4. The summed E-state index contributed by atoms with van der Waals surface area (Å²) in [6.07, 6.45) is 0.661. The molecule has 0 fully saturated rings. The minimum absolute atomic E-state index is 0.219. The normalized spacial score (nSPS) is 12.5. The van der Waals surface area contributed by atoms with Gasteiger partial charge in [0.2, 0.25) is 0 Å². The first-order valence-corrected chi connectivity index (χ1v) is 6.55. The second-order valence-electron chi connectivity index (χ2n) is 5.27. The van der Waals surface area contributed by atoms with E-state index in [2.05, 4.69) is 32.0 Å². The molecule has 0 amide bonds.